The lowest BCUT2D eigenvalue weighted by molar-refractivity contribution is -0.141. The molecule has 0 bridgehead atoms. The summed E-state index contributed by atoms with van der Waals surface area (Å²) in [6.07, 6.45) is -4.44. The van der Waals surface area contributed by atoms with Crippen LogP contribution in [0.1, 0.15) is 17.0 Å². The summed E-state index contributed by atoms with van der Waals surface area (Å²) >= 11 is 0. The van der Waals surface area contributed by atoms with Gasteiger partial charge in [-0.3, -0.25) is 4.68 Å². The third kappa shape index (κ3) is 3.30. The largest absolute Gasteiger partial charge is 0.508 e. The van der Waals surface area contributed by atoms with Gasteiger partial charge in [0.2, 0.25) is 0 Å². The molecule has 1 heterocycles. The predicted molar refractivity (Wildman–Crippen MR) is 66.9 cm³/mol. The lowest BCUT2D eigenvalue weighted by Gasteiger charge is -2.06. The summed E-state index contributed by atoms with van der Waals surface area (Å²) in [5.74, 6) is 0.154. The van der Waals surface area contributed by atoms with Crippen molar-refractivity contribution in [2.45, 2.75) is 19.3 Å². The van der Waals surface area contributed by atoms with E-state index < -0.39 is 11.9 Å². The fourth-order valence-corrected chi connectivity index (χ4v) is 1.80. The van der Waals surface area contributed by atoms with Crippen molar-refractivity contribution in [3.63, 3.8) is 0 Å². The number of hydrogen-bond acceptors (Lipinski definition) is 3. The Morgan fingerprint density at radius 3 is 2.55 bits per heavy atom. The molecule has 2 rings (SSSR count). The first-order valence-electron chi connectivity index (χ1n) is 5.95. The molecule has 1 aromatic heterocycles. The molecular formula is C13H14F3N3O. The Morgan fingerprint density at radius 1 is 1.25 bits per heavy atom. The summed E-state index contributed by atoms with van der Waals surface area (Å²) in [5.41, 5.74) is 0.206. The molecule has 4 nitrogen and oxygen atoms in total. The number of phenols is 1. The Hall–Kier alpha value is -2.02. The summed E-state index contributed by atoms with van der Waals surface area (Å²) in [4.78, 5) is 0. The Bertz CT molecular complexity index is 593. The van der Waals surface area contributed by atoms with Crippen LogP contribution < -0.4 is 5.32 Å². The lowest BCUT2D eigenvalue weighted by Crippen LogP contribution is -2.15. The molecule has 0 saturated carbocycles. The van der Waals surface area contributed by atoms with Crippen molar-refractivity contribution in [3.8, 4) is 5.75 Å². The molecule has 0 amide bonds. The topological polar surface area (TPSA) is 50.1 Å². The molecule has 20 heavy (non-hydrogen) atoms. The second-order valence-electron chi connectivity index (χ2n) is 4.37. The van der Waals surface area contributed by atoms with E-state index in [0.29, 0.717) is 17.8 Å². The summed E-state index contributed by atoms with van der Waals surface area (Å²) in [5, 5.41) is 16.0. The number of halogens is 3. The molecule has 0 fully saturated rings. The van der Waals surface area contributed by atoms with Crippen LogP contribution in [0.15, 0.2) is 30.3 Å². The highest BCUT2D eigenvalue weighted by Gasteiger charge is 2.34. The minimum atomic E-state index is -4.44. The summed E-state index contributed by atoms with van der Waals surface area (Å²) in [7, 11) is 1.46. The van der Waals surface area contributed by atoms with Crippen molar-refractivity contribution in [2.75, 3.05) is 0 Å². The SMILES string of the molecule is Cn1nc(C(F)(F)F)cc1CNCc1ccccc1O. The van der Waals surface area contributed by atoms with E-state index >= 15 is 0 Å². The molecule has 0 unspecified atom stereocenters. The van der Waals surface area contributed by atoms with Crippen LogP contribution in [0.5, 0.6) is 5.75 Å². The van der Waals surface area contributed by atoms with Crippen LogP contribution in [0.2, 0.25) is 0 Å². The van der Waals surface area contributed by atoms with E-state index in [9.17, 15) is 18.3 Å². The first-order valence-corrected chi connectivity index (χ1v) is 5.95. The van der Waals surface area contributed by atoms with Crippen LogP contribution >= 0.6 is 0 Å². The number of rotatable bonds is 4. The van der Waals surface area contributed by atoms with E-state index in [1.807, 2.05) is 0 Å². The van der Waals surface area contributed by atoms with Crippen molar-refractivity contribution < 1.29 is 18.3 Å². The summed E-state index contributed by atoms with van der Waals surface area (Å²) in [6, 6.07) is 7.80. The number of nitrogens with zero attached hydrogens (tertiary/aromatic N) is 2. The van der Waals surface area contributed by atoms with E-state index in [2.05, 4.69) is 10.4 Å². The zero-order valence-electron chi connectivity index (χ0n) is 10.8. The zero-order chi connectivity index (χ0) is 14.8. The summed E-state index contributed by atoms with van der Waals surface area (Å²) < 4.78 is 38.7. The number of nitrogens with one attached hydrogen (secondary N) is 1. The number of hydrogen-bond donors (Lipinski definition) is 2. The van der Waals surface area contributed by atoms with Crippen LogP contribution in [-0.2, 0) is 26.3 Å². The van der Waals surface area contributed by atoms with Crippen molar-refractivity contribution >= 4 is 0 Å². The zero-order valence-corrected chi connectivity index (χ0v) is 10.8. The van der Waals surface area contributed by atoms with Gasteiger partial charge in [0.15, 0.2) is 5.69 Å². The van der Waals surface area contributed by atoms with Crippen LogP contribution in [0.25, 0.3) is 0 Å². The van der Waals surface area contributed by atoms with Crippen LogP contribution in [0, 0.1) is 0 Å². The normalized spacial score (nSPS) is 11.8. The Morgan fingerprint density at radius 2 is 1.95 bits per heavy atom. The highest BCUT2D eigenvalue weighted by atomic mass is 19.4. The third-order valence-electron chi connectivity index (χ3n) is 2.88. The predicted octanol–water partition coefficient (Wildman–Crippen LogP) is 2.43. The standard InChI is InChI=1S/C13H14F3N3O/c1-19-10(6-12(18-19)13(14,15)16)8-17-7-9-4-2-3-5-11(9)20/h2-6,17,20H,7-8H2,1H3. The Labute approximate surface area is 113 Å². The van der Waals surface area contributed by atoms with E-state index in [1.165, 1.54) is 11.7 Å². The summed E-state index contributed by atoms with van der Waals surface area (Å²) in [6.45, 7) is 0.590. The van der Waals surface area contributed by atoms with E-state index in [1.54, 1.807) is 24.3 Å². The Kier molecular flexibility index (Phi) is 3.99. The van der Waals surface area contributed by atoms with Crippen molar-refractivity contribution in [3.05, 3.63) is 47.3 Å². The minimum Gasteiger partial charge on any atom is -0.508 e. The van der Waals surface area contributed by atoms with Gasteiger partial charge in [0.1, 0.15) is 5.75 Å². The second kappa shape index (κ2) is 5.54. The number of para-hydroxylation sites is 1. The first-order chi connectivity index (χ1) is 9.38. The number of aryl methyl sites for hydroxylation is 1. The van der Waals surface area contributed by atoms with Crippen LogP contribution in [-0.4, -0.2) is 14.9 Å². The molecular weight excluding hydrogens is 271 g/mol. The van der Waals surface area contributed by atoms with E-state index in [0.717, 1.165) is 6.07 Å². The van der Waals surface area contributed by atoms with E-state index in [-0.39, 0.29) is 12.3 Å². The maximum atomic E-state index is 12.5. The van der Waals surface area contributed by atoms with Gasteiger partial charge in [0, 0.05) is 25.7 Å². The van der Waals surface area contributed by atoms with Gasteiger partial charge in [-0.15, -0.1) is 0 Å². The average molecular weight is 285 g/mol. The molecule has 108 valence electrons. The second-order valence-corrected chi connectivity index (χ2v) is 4.37. The van der Waals surface area contributed by atoms with E-state index in [4.69, 9.17) is 0 Å². The number of aromatic nitrogens is 2. The average Bonchev–Trinajstić information content (AvgIpc) is 2.73. The lowest BCUT2D eigenvalue weighted by atomic mass is 10.2. The number of phenolic OH excluding ortho intramolecular Hbond substituents is 1. The molecule has 0 atom stereocenters. The van der Waals surface area contributed by atoms with Gasteiger partial charge in [-0.05, 0) is 12.1 Å². The van der Waals surface area contributed by atoms with Crippen LogP contribution in [0.4, 0.5) is 13.2 Å². The molecule has 0 aliphatic rings. The number of alkyl halides is 3. The molecule has 0 aliphatic carbocycles. The molecule has 0 spiro atoms. The monoisotopic (exact) mass is 285 g/mol. The first kappa shape index (κ1) is 14.4. The van der Waals surface area contributed by atoms with Gasteiger partial charge < -0.3 is 10.4 Å². The van der Waals surface area contributed by atoms with Crippen molar-refractivity contribution in [2.24, 2.45) is 7.05 Å². The van der Waals surface area contributed by atoms with Crippen molar-refractivity contribution in [1.29, 1.82) is 0 Å². The van der Waals surface area contributed by atoms with Gasteiger partial charge in [0.05, 0.1) is 5.69 Å². The smallest absolute Gasteiger partial charge is 0.435 e. The molecule has 0 radical (unpaired) electrons. The molecule has 1 aromatic carbocycles. The maximum absolute atomic E-state index is 12.5. The molecule has 0 saturated heterocycles. The maximum Gasteiger partial charge on any atom is 0.435 e. The molecule has 7 heteroatoms. The van der Waals surface area contributed by atoms with Gasteiger partial charge in [-0.2, -0.15) is 18.3 Å². The van der Waals surface area contributed by atoms with Crippen LogP contribution in [0.3, 0.4) is 0 Å². The number of benzene rings is 1. The van der Waals surface area contributed by atoms with Gasteiger partial charge >= 0.3 is 6.18 Å². The highest BCUT2D eigenvalue weighted by Crippen LogP contribution is 2.28. The highest BCUT2D eigenvalue weighted by molar-refractivity contribution is 5.31. The fraction of sp³-hybridized carbons (Fsp3) is 0.308. The molecule has 2 N–H and O–H groups in total. The van der Waals surface area contributed by atoms with Gasteiger partial charge in [-0.1, -0.05) is 18.2 Å². The van der Waals surface area contributed by atoms with Crippen molar-refractivity contribution in [1.82, 2.24) is 15.1 Å². The van der Waals surface area contributed by atoms with Gasteiger partial charge in [0.25, 0.3) is 0 Å². The third-order valence-corrected chi connectivity index (χ3v) is 2.88. The minimum absolute atomic E-state index is 0.154. The molecule has 2 aromatic rings. The molecule has 0 aliphatic heterocycles. The number of aromatic hydroxyl groups is 1. The quantitative estimate of drug-likeness (QED) is 0.907. The Balaban J connectivity index is 1.98. The van der Waals surface area contributed by atoms with Gasteiger partial charge in [-0.25, -0.2) is 0 Å². The fourth-order valence-electron chi connectivity index (χ4n) is 1.80.